The zero-order valence-electron chi connectivity index (χ0n) is 17.7. The Labute approximate surface area is 179 Å². The number of rotatable bonds is 7. The van der Waals surface area contributed by atoms with Crippen LogP contribution in [-0.2, 0) is 14.8 Å². The molecule has 0 aromatic heterocycles. The molecule has 1 heterocycles. The Hall–Kier alpha value is -1.35. The standard InChI is InChI=1S/C20H33ClN4O3S/c1-20(2,3)18-15(7-6-12-28-18)14-24-19(22-4)23-10-11-25-29(26,27)17-9-5-8-16(21)13-17/h5,8-9,13,15,18,25H,6-7,10-12,14H2,1-4H3,(H2,22,23,24). The minimum absolute atomic E-state index is 0.0856. The molecule has 0 radical (unpaired) electrons. The first kappa shape index (κ1) is 23.9. The molecule has 2 unspecified atom stereocenters. The number of nitrogens with zero attached hydrogens (tertiary/aromatic N) is 1. The molecule has 1 aliphatic rings. The van der Waals surface area contributed by atoms with Crippen LogP contribution in [0.2, 0.25) is 5.02 Å². The van der Waals surface area contributed by atoms with Gasteiger partial charge in [-0.1, -0.05) is 38.4 Å². The highest BCUT2D eigenvalue weighted by atomic mass is 35.5. The van der Waals surface area contributed by atoms with Crippen LogP contribution >= 0.6 is 11.6 Å². The van der Waals surface area contributed by atoms with E-state index in [0.717, 1.165) is 26.0 Å². The van der Waals surface area contributed by atoms with Crippen molar-refractivity contribution in [2.45, 2.75) is 44.6 Å². The van der Waals surface area contributed by atoms with Crippen molar-refractivity contribution in [2.24, 2.45) is 16.3 Å². The highest BCUT2D eigenvalue weighted by Crippen LogP contribution is 2.33. The molecule has 1 saturated heterocycles. The maximum atomic E-state index is 12.3. The maximum Gasteiger partial charge on any atom is 0.240 e. The number of aliphatic imine (C=N–C) groups is 1. The fraction of sp³-hybridized carbons (Fsp3) is 0.650. The third-order valence-electron chi connectivity index (χ3n) is 4.87. The number of nitrogens with one attached hydrogen (secondary N) is 3. The van der Waals surface area contributed by atoms with Gasteiger partial charge in [0.1, 0.15) is 0 Å². The van der Waals surface area contributed by atoms with E-state index in [2.05, 4.69) is 41.1 Å². The van der Waals surface area contributed by atoms with Gasteiger partial charge in [0.25, 0.3) is 0 Å². The summed E-state index contributed by atoms with van der Waals surface area (Å²) in [7, 11) is -1.89. The summed E-state index contributed by atoms with van der Waals surface area (Å²) in [5.41, 5.74) is 0.0856. The molecule has 1 aromatic carbocycles. The predicted molar refractivity (Wildman–Crippen MR) is 118 cm³/mol. The molecule has 1 fully saturated rings. The smallest absolute Gasteiger partial charge is 0.240 e. The first-order chi connectivity index (χ1) is 13.6. The summed E-state index contributed by atoms with van der Waals surface area (Å²) >= 11 is 5.87. The SMILES string of the molecule is CN=C(NCCNS(=O)(=O)c1cccc(Cl)c1)NCC1CCCOC1C(C)(C)C. The third-order valence-corrected chi connectivity index (χ3v) is 6.56. The number of ether oxygens (including phenoxy) is 1. The van der Waals surface area contributed by atoms with Crippen molar-refractivity contribution in [3.63, 3.8) is 0 Å². The molecule has 7 nitrogen and oxygen atoms in total. The Kier molecular flexibility index (Phi) is 8.75. The number of hydrogen-bond acceptors (Lipinski definition) is 4. The third kappa shape index (κ3) is 7.44. The van der Waals surface area contributed by atoms with Gasteiger partial charge in [-0.05, 0) is 36.5 Å². The summed E-state index contributed by atoms with van der Waals surface area (Å²) in [6.07, 6.45) is 2.38. The van der Waals surface area contributed by atoms with Gasteiger partial charge >= 0.3 is 0 Å². The van der Waals surface area contributed by atoms with Crippen LogP contribution in [0.3, 0.4) is 0 Å². The van der Waals surface area contributed by atoms with E-state index in [1.807, 2.05) is 0 Å². The number of benzene rings is 1. The molecule has 0 bridgehead atoms. The van der Waals surface area contributed by atoms with E-state index < -0.39 is 10.0 Å². The van der Waals surface area contributed by atoms with E-state index in [4.69, 9.17) is 16.3 Å². The number of guanidine groups is 1. The molecule has 0 spiro atoms. The van der Waals surface area contributed by atoms with Crippen molar-refractivity contribution in [3.05, 3.63) is 29.3 Å². The van der Waals surface area contributed by atoms with E-state index in [1.165, 1.54) is 12.1 Å². The van der Waals surface area contributed by atoms with Crippen LogP contribution in [-0.4, -0.2) is 53.8 Å². The van der Waals surface area contributed by atoms with Crippen LogP contribution in [0, 0.1) is 11.3 Å². The second kappa shape index (κ2) is 10.6. The first-order valence-electron chi connectivity index (χ1n) is 9.95. The van der Waals surface area contributed by atoms with E-state index in [0.29, 0.717) is 23.4 Å². The van der Waals surface area contributed by atoms with Crippen LogP contribution in [0.15, 0.2) is 34.2 Å². The van der Waals surface area contributed by atoms with E-state index in [1.54, 1.807) is 19.2 Å². The monoisotopic (exact) mass is 444 g/mol. The Morgan fingerprint density at radius 3 is 2.69 bits per heavy atom. The zero-order chi connectivity index (χ0) is 21.5. The lowest BCUT2D eigenvalue weighted by molar-refractivity contribution is -0.0835. The van der Waals surface area contributed by atoms with Gasteiger partial charge in [0.05, 0.1) is 11.0 Å². The molecule has 164 valence electrons. The molecule has 3 N–H and O–H groups in total. The molecule has 1 aromatic rings. The van der Waals surface area contributed by atoms with E-state index in [9.17, 15) is 8.42 Å². The Balaban J connectivity index is 1.79. The normalized spacial score (nSPS) is 21.1. The van der Waals surface area contributed by atoms with Crippen molar-refractivity contribution < 1.29 is 13.2 Å². The fourth-order valence-electron chi connectivity index (χ4n) is 3.54. The minimum atomic E-state index is -3.59. The van der Waals surface area contributed by atoms with Crippen molar-refractivity contribution in [1.82, 2.24) is 15.4 Å². The molecule has 29 heavy (non-hydrogen) atoms. The minimum Gasteiger partial charge on any atom is -0.377 e. The summed E-state index contributed by atoms with van der Waals surface area (Å²) in [6.45, 7) is 8.82. The van der Waals surface area contributed by atoms with E-state index >= 15 is 0 Å². The van der Waals surface area contributed by atoms with Gasteiger partial charge < -0.3 is 15.4 Å². The van der Waals surface area contributed by atoms with Gasteiger partial charge in [-0.25, -0.2) is 13.1 Å². The average molecular weight is 445 g/mol. The first-order valence-corrected chi connectivity index (χ1v) is 11.8. The highest BCUT2D eigenvalue weighted by Gasteiger charge is 2.35. The Morgan fingerprint density at radius 1 is 1.28 bits per heavy atom. The van der Waals surface area contributed by atoms with Crippen LogP contribution in [0.4, 0.5) is 0 Å². The molecule has 0 amide bonds. The molecule has 1 aliphatic heterocycles. The largest absolute Gasteiger partial charge is 0.377 e. The molecule has 9 heteroatoms. The van der Waals surface area contributed by atoms with Crippen LogP contribution in [0.25, 0.3) is 0 Å². The van der Waals surface area contributed by atoms with Crippen molar-refractivity contribution in [3.8, 4) is 0 Å². The zero-order valence-corrected chi connectivity index (χ0v) is 19.2. The second-order valence-electron chi connectivity index (χ2n) is 8.29. The van der Waals surface area contributed by atoms with Crippen molar-refractivity contribution >= 4 is 27.6 Å². The summed E-state index contributed by atoms with van der Waals surface area (Å²) in [5, 5.41) is 6.87. The molecule has 2 atom stereocenters. The highest BCUT2D eigenvalue weighted by molar-refractivity contribution is 7.89. The topological polar surface area (TPSA) is 91.8 Å². The lowest BCUT2D eigenvalue weighted by atomic mass is 9.78. The van der Waals surface area contributed by atoms with Gasteiger partial charge in [0, 0.05) is 44.2 Å². The lowest BCUT2D eigenvalue weighted by Gasteiger charge is -2.40. The van der Waals surface area contributed by atoms with Gasteiger partial charge in [-0.3, -0.25) is 4.99 Å². The number of halogens is 1. The second-order valence-corrected chi connectivity index (χ2v) is 10.5. The summed E-state index contributed by atoms with van der Waals surface area (Å²) in [5.74, 6) is 1.05. The number of hydrogen-bond donors (Lipinski definition) is 3. The molecule has 0 aliphatic carbocycles. The van der Waals surface area contributed by atoms with E-state index in [-0.39, 0.29) is 23.0 Å². The number of sulfonamides is 1. The molecule has 0 saturated carbocycles. The predicted octanol–water partition coefficient (Wildman–Crippen LogP) is 2.62. The Bertz CT molecular complexity index is 793. The fourth-order valence-corrected chi connectivity index (χ4v) is 4.87. The van der Waals surface area contributed by atoms with Gasteiger partial charge in [0.2, 0.25) is 10.0 Å². The summed E-state index contributed by atoms with van der Waals surface area (Å²) in [4.78, 5) is 4.37. The summed E-state index contributed by atoms with van der Waals surface area (Å²) in [6, 6.07) is 6.19. The summed E-state index contributed by atoms with van der Waals surface area (Å²) < 4.78 is 33.2. The van der Waals surface area contributed by atoms with Crippen LogP contribution in [0.5, 0.6) is 0 Å². The quantitative estimate of drug-likeness (QED) is 0.341. The van der Waals surface area contributed by atoms with Gasteiger partial charge in [-0.2, -0.15) is 0 Å². The lowest BCUT2D eigenvalue weighted by Crippen LogP contribution is -2.48. The Morgan fingerprint density at radius 2 is 2.03 bits per heavy atom. The van der Waals surface area contributed by atoms with Crippen molar-refractivity contribution in [2.75, 3.05) is 33.3 Å². The molecular formula is C20H33ClN4O3S. The van der Waals surface area contributed by atoms with Crippen molar-refractivity contribution in [1.29, 1.82) is 0 Å². The van der Waals surface area contributed by atoms with Crippen LogP contribution in [0.1, 0.15) is 33.6 Å². The van der Waals surface area contributed by atoms with Gasteiger partial charge in [0.15, 0.2) is 5.96 Å². The van der Waals surface area contributed by atoms with Crippen LogP contribution < -0.4 is 15.4 Å². The molecule has 2 rings (SSSR count). The molecular weight excluding hydrogens is 412 g/mol. The van der Waals surface area contributed by atoms with Gasteiger partial charge in [-0.15, -0.1) is 0 Å². The maximum absolute atomic E-state index is 12.3. The average Bonchev–Trinajstić information content (AvgIpc) is 2.67.